The smallest absolute Gasteiger partial charge is 0.341 e. The van der Waals surface area contributed by atoms with Crippen molar-refractivity contribution < 1.29 is 13.9 Å². The molecule has 1 N–H and O–H groups in total. The Morgan fingerprint density at radius 2 is 2.35 bits per heavy atom. The van der Waals surface area contributed by atoms with Crippen molar-refractivity contribution in [2.24, 2.45) is 0 Å². The van der Waals surface area contributed by atoms with Crippen LogP contribution >= 0.6 is 11.8 Å². The van der Waals surface area contributed by atoms with Gasteiger partial charge in [0.1, 0.15) is 17.1 Å². The van der Waals surface area contributed by atoms with E-state index in [1.807, 2.05) is 0 Å². The van der Waals surface area contributed by atoms with Crippen molar-refractivity contribution in [3.8, 4) is 0 Å². The van der Waals surface area contributed by atoms with Gasteiger partial charge < -0.3 is 14.5 Å². The zero-order chi connectivity index (χ0) is 14.5. The van der Waals surface area contributed by atoms with E-state index < -0.39 is 0 Å². The second-order valence-electron chi connectivity index (χ2n) is 5.14. The number of hydrogen-bond donors (Lipinski definition) is 1. The molecule has 1 heterocycles. The second-order valence-corrected chi connectivity index (χ2v) is 6.72. The number of carbonyl (C=O) groups excluding carboxylic acids is 1. The Balaban J connectivity index is 1.84. The van der Waals surface area contributed by atoms with Crippen molar-refractivity contribution in [3.63, 3.8) is 0 Å². The van der Waals surface area contributed by atoms with Crippen molar-refractivity contribution in [2.45, 2.75) is 50.9 Å². The zero-order valence-corrected chi connectivity index (χ0v) is 13.2. The summed E-state index contributed by atoms with van der Waals surface area (Å²) < 4.78 is 10.3. The van der Waals surface area contributed by atoms with Crippen LogP contribution in [0.25, 0.3) is 0 Å². The molecule has 2 rings (SSSR count). The van der Waals surface area contributed by atoms with Crippen LogP contribution in [-0.4, -0.2) is 30.1 Å². The molecule has 0 aliphatic heterocycles. The first-order valence-corrected chi connectivity index (χ1v) is 8.21. The highest BCUT2D eigenvalue weighted by Gasteiger charge is 2.24. The standard InChI is InChI=1S/C15H23NO3S/c1-4-20-13-6-5-11(7-13)16-9-12-8-14(10(2)19-12)15(17)18-3/h8,11,13,16H,4-7,9H2,1-3H3. The van der Waals surface area contributed by atoms with Crippen LogP contribution in [-0.2, 0) is 11.3 Å². The lowest BCUT2D eigenvalue weighted by Crippen LogP contribution is -2.25. The van der Waals surface area contributed by atoms with E-state index in [1.165, 1.54) is 32.1 Å². The summed E-state index contributed by atoms with van der Waals surface area (Å²) in [6, 6.07) is 2.34. The highest BCUT2D eigenvalue weighted by molar-refractivity contribution is 7.99. The zero-order valence-electron chi connectivity index (χ0n) is 12.4. The van der Waals surface area contributed by atoms with E-state index in [9.17, 15) is 4.79 Å². The molecule has 1 aliphatic rings. The number of aryl methyl sites for hydroxylation is 1. The molecule has 2 atom stereocenters. The molecule has 0 saturated heterocycles. The maximum absolute atomic E-state index is 11.5. The van der Waals surface area contributed by atoms with Crippen LogP contribution in [0.5, 0.6) is 0 Å². The summed E-state index contributed by atoms with van der Waals surface area (Å²) in [5.74, 6) is 2.28. The number of carbonyl (C=O) groups is 1. The Bertz CT molecular complexity index is 458. The molecule has 0 bridgehead atoms. The molecule has 1 fully saturated rings. The van der Waals surface area contributed by atoms with Gasteiger partial charge in [-0.05, 0) is 38.0 Å². The van der Waals surface area contributed by atoms with Crippen molar-refractivity contribution >= 4 is 17.7 Å². The van der Waals surface area contributed by atoms with Crippen LogP contribution in [0.3, 0.4) is 0 Å². The third-order valence-electron chi connectivity index (χ3n) is 3.73. The van der Waals surface area contributed by atoms with Crippen LogP contribution in [0.4, 0.5) is 0 Å². The molecule has 5 heteroatoms. The summed E-state index contributed by atoms with van der Waals surface area (Å²) in [4.78, 5) is 11.5. The van der Waals surface area contributed by atoms with Gasteiger partial charge in [-0.2, -0.15) is 11.8 Å². The second kappa shape index (κ2) is 7.18. The van der Waals surface area contributed by atoms with Crippen LogP contribution in [0.1, 0.15) is 48.1 Å². The monoisotopic (exact) mass is 297 g/mol. The molecule has 0 radical (unpaired) electrons. The van der Waals surface area contributed by atoms with E-state index in [0.717, 1.165) is 11.0 Å². The predicted molar refractivity (Wildman–Crippen MR) is 81.2 cm³/mol. The van der Waals surface area contributed by atoms with Gasteiger partial charge in [-0.25, -0.2) is 4.79 Å². The molecular weight excluding hydrogens is 274 g/mol. The highest BCUT2D eigenvalue weighted by atomic mass is 32.2. The molecule has 1 aromatic rings. The molecule has 1 aromatic heterocycles. The topological polar surface area (TPSA) is 51.5 Å². The summed E-state index contributed by atoms with van der Waals surface area (Å²) in [6.45, 7) is 4.68. The summed E-state index contributed by atoms with van der Waals surface area (Å²) in [7, 11) is 1.39. The number of esters is 1. The minimum absolute atomic E-state index is 0.335. The Morgan fingerprint density at radius 3 is 3.05 bits per heavy atom. The fourth-order valence-electron chi connectivity index (χ4n) is 2.70. The Labute approximate surface area is 124 Å². The molecule has 0 spiro atoms. The first-order valence-electron chi connectivity index (χ1n) is 7.16. The number of ether oxygens (including phenoxy) is 1. The van der Waals surface area contributed by atoms with Crippen LogP contribution in [0.2, 0.25) is 0 Å². The van der Waals surface area contributed by atoms with Crippen molar-refractivity contribution in [3.05, 3.63) is 23.2 Å². The maximum Gasteiger partial charge on any atom is 0.341 e. The molecule has 112 valence electrons. The molecule has 1 saturated carbocycles. The number of nitrogens with one attached hydrogen (secondary N) is 1. The van der Waals surface area contributed by atoms with E-state index >= 15 is 0 Å². The third-order valence-corrected chi connectivity index (χ3v) is 4.96. The summed E-state index contributed by atoms with van der Waals surface area (Å²) >= 11 is 2.05. The van der Waals surface area contributed by atoms with Gasteiger partial charge in [0.05, 0.1) is 13.7 Å². The normalized spacial score (nSPS) is 22.1. The quantitative estimate of drug-likeness (QED) is 0.818. The average Bonchev–Trinajstić information content (AvgIpc) is 3.03. The first kappa shape index (κ1) is 15.4. The largest absolute Gasteiger partial charge is 0.465 e. The average molecular weight is 297 g/mol. The number of rotatable bonds is 6. The highest BCUT2D eigenvalue weighted by Crippen LogP contribution is 2.30. The lowest BCUT2D eigenvalue weighted by atomic mass is 10.2. The predicted octanol–water partition coefficient (Wildman–Crippen LogP) is 3.14. The Morgan fingerprint density at radius 1 is 1.55 bits per heavy atom. The molecule has 0 amide bonds. The Hall–Kier alpha value is -0.940. The van der Waals surface area contributed by atoms with Gasteiger partial charge in [-0.1, -0.05) is 6.92 Å². The fraction of sp³-hybridized carbons (Fsp3) is 0.667. The third kappa shape index (κ3) is 3.79. The van der Waals surface area contributed by atoms with Gasteiger partial charge in [-0.15, -0.1) is 0 Å². The van der Waals surface area contributed by atoms with Gasteiger partial charge in [-0.3, -0.25) is 0 Å². The number of methoxy groups -OCH3 is 1. The van der Waals surface area contributed by atoms with E-state index in [2.05, 4.69) is 24.0 Å². The lowest BCUT2D eigenvalue weighted by Gasteiger charge is -2.11. The molecule has 4 nitrogen and oxygen atoms in total. The van der Waals surface area contributed by atoms with E-state index in [4.69, 9.17) is 9.15 Å². The number of thioether (sulfide) groups is 1. The van der Waals surface area contributed by atoms with E-state index in [0.29, 0.717) is 23.9 Å². The van der Waals surface area contributed by atoms with Gasteiger partial charge in [0.25, 0.3) is 0 Å². The molecule has 1 aliphatic carbocycles. The van der Waals surface area contributed by atoms with Gasteiger partial charge in [0.15, 0.2) is 0 Å². The molecule has 0 aromatic carbocycles. The van der Waals surface area contributed by atoms with E-state index in [1.54, 1.807) is 13.0 Å². The van der Waals surface area contributed by atoms with Gasteiger partial charge in [0, 0.05) is 11.3 Å². The minimum atomic E-state index is -0.335. The first-order chi connectivity index (χ1) is 9.63. The van der Waals surface area contributed by atoms with Crippen LogP contribution in [0, 0.1) is 6.92 Å². The molecule has 2 unspecified atom stereocenters. The van der Waals surface area contributed by atoms with Gasteiger partial charge >= 0.3 is 5.97 Å². The number of furan rings is 1. The SMILES string of the molecule is CCSC1CCC(NCc2cc(C(=O)OC)c(C)o2)C1. The number of hydrogen-bond acceptors (Lipinski definition) is 5. The van der Waals surface area contributed by atoms with Gasteiger partial charge in [0.2, 0.25) is 0 Å². The van der Waals surface area contributed by atoms with Crippen molar-refractivity contribution in [1.82, 2.24) is 5.32 Å². The lowest BCUT2D eigenvalue weighted by molar-refractivity contribution is 0.0599. The fourth-order valence-corrected chi connectivity index (χ4v) is 3.84. The Kier molecular flexibility index (Phi) is 5.54. The molecule has 20 heavy (non-hydrogen) atoms. The van der Waals surface area contributed by atoms with Crippen LogP contribution in [0.15, 0.2) is 10.5 Å². The maximum atomic E-state index is 11.5. The van der Waals surface area contributed by atoms with E-state index in [-0.39, 0.29) is 5.97 Å². The van der Waals surface area contributed by atoms with Crippen molar-refractivity contribution in [2.75, 3.05) is 12.9 Å². The minimum Gasteiger partial charge on any atom is -0.465 e. The molecular formula is C15H23NO3S. The summed E-state index contributed by atoms with van der Waals surface area (Å²) in [5.41, 5.74) is 0.523. The van der Waals surface area contributed by atoms with Crippen LogP contribution < -0.4 is 5.32 Å². The van der Waals surface area contributed by atoms with Crippen molar-refractivity contribution in [1.29, 1.82) is 0 Å². The summed E-state index contributed by atoms with van der Waals surface area (Å²) in [6.07, 6.45) is 3.74. The summed E-state index contributed by atoms with van der Waals surface area (Å²) in [5, 5.41) is 4.32.